The maximum Gasteiger partial charge on any atom is 0.220 e. The predicted molar refractivity (Wildman–Crippen MR) is 68.5 cm³/mol. The standard InChI is InChI=1S/C12H20N2OS/c1-10(8-11-5-7-16-9-11)14-12(15)4-2-3-6-13/h5,7,9-10H,2-4,6,8,13H2,1H3,(H,14,15). The summed E-state index contributed by atoms with van der Waals surface area (Å²) in [7, 11) is 0. The number of amides is 1. The van der Waals surface area contributed by atoms with Crippen LogP contribution in [-0.4, -0.2) is 18.5 Å². The van der Waals surface area contributed by atoms with E-state index in [0.717, 1.165) is 19.3 Å². The summed E-state index contributed by atoms with van der Waals surface area (Å²) in [6, 6.07) is 2.31. The van der Waals surface area contributed by atoms with E-state index < -0.39 is 0 Å². The van der Waals surface area contributed by atoms with Crippen LogP contribution in [0.15, 0.2) is 16.8 Å². The van der Waals surface area contributed by atoms with E-state index >= 15 is 0 Å². The summed E-state index contributed by atoms with van der Waals surface area (Å²) < 4.78 is 0. The lowest BCUT2D eigenvalue weighted by Gasteiger charge is -2.12. The van der Waals surface area contributed by atoms with Crippen LogP contribution in [-0.2, 0) is 11.2 Å². The molecule has 90 valence electrons. The monoisotopic (exact) mass is 240 g/mol. The molecule has 0 saturated heterocycles. The number of carbonyl (C=O) groups is 1. The highest BCUT2D eigenvalue weighted by molar-refractivity contribution is 7.07. The van der Waals surface area contributed by atoms with Crippen molar-refractivity contribution in [3.8, 4) is 0 Å². The number of unbranched alkanes of at least 4 members (excludes halogenated alkanes) is 1. The minimum atomic E-state index is 0.135. The molecule has 0 aliphatic heterocycles. The molecule has 1 unspecified atom stereocenters. The van der Waals surface area contributed by atoms with Crippen LogP contribution in [0.25, 0.3) is 0 Å². The number of thiophene rings is 1. The lowest BCUT2D eigenvalue weighted by Crippen LogP contribution is -2.33. The van der Waals surface area contributed by atoms with Crippen LogP contribution in [0, 0.1) is 0 Å². The number of carbonyl (C=O) groups excluding carboxylic acids is 1. The second kappa shape index (κ2) is 7.41. The molecule has 0 aromatic carbocycles. The second-order valence-electron chi connectivity index (χ2n) is 4.05. The molecule has 0 aliphatic rings. The van der Waals surface area contributed by atoms with Crippen molar-refractivity contribution in [2.75, 3.05) is 6.54 Å². The normalized spacial score (nSPS) is 12.4. The van der Waals surface area contributed by atoms with Crippen molar-refractivity contribution in [1.29, 1.82) is 0 Å². The van der Waals surface area contributed by atoms with E-state index in [1.54, 1.807) is 11.3 Å². The minimum absolute atomic E-state index is 0.135. The Hall–Kier alpha value is -0.870. The van der Waals surface area contributed by atoms with Crippen molar-refractivity contribution in [2.24, 2.45) is 5.73 Å². The molecule has 0 radical (unpaired) electrons. The van der Waals surface area contributed by atoms with Crippen LogP contribution >= 0.6 is 11.3 Å². The highest BCUT2D eigenvalue weighted by atomic mass is 32.1. The largest absolute Gasteiger partial charge is 0.353 e. The molecule has 1 rings (SSSR count). The summed E-state index contributed by atoms with van der Waals surface area (Å²) in [5.41, 5.74) is 6.67. The molecule has 0 saturated carbocycles. The van der Waals surface area contributed by atoms with Gasteiger partial charge in [-0.2, -0.15) is 11.3 Å². The molecule has 0 bridgehead atoms. The molecule has 0 aliphatic carbocycles. The first kappa shape index (κ1) is 13.2. The summed E-state index contributed by atoms with van der Waals surface area (Å²) in [4.78, 5) is 11.5. The molecular formula is C12H20N2OS. The first-order valence-corrected chi connectivity index (χ1v) is 6.67. The van der Waals surface area contributed by atoms with Crippen molar-refractivity contribution in [3.63, 3.8) is 0 Å². The zero-order chi connectivity index (χ0) is 11.8. The summed E-state index contributed by atoms with van der Waals surface area (Å²) in [5, 5.41) is 7.18. The molecular weight excluding hydrogens is 220 g/mol. The van der Waals surface area contributed by atoms with Gasteiger partial charge in [0, 0.05) is 12.5 Å². The van der Waals surface area contributed by atoms with E-state index in [-0.39, 0.29) is 11.9 Å². The van der Waals surface area contributed by atoms with Crippen LogP contribution < -0.4 is 11.1 Å². The quantitative estimate of drug-likeness (QED) is 0.715. The Balaban J connectivity index is 2.18. The number of nitrogens with one attached hydrogen (secondary N) is 1. The fourth-order valence-electron chi connectivity index (χ4n) is 1.59. The Bertz CT molecular complexity index is 298. The fraction of sp³-hybridized carbons (Fsp3) is 0.583. The van der Waals surface area contributed by atoms with Gasteiger partial charge in [0.15, 0.2) is 0 Å². The van der Waals surface area contributed by atoms with Gasteiger partial charge in [0.05, 0.1) is 0 Å². The van der Waals surface area contributed by atoms with Crippen LogP contribution in [0.4, 0.5) is 0 Å². The van der Waals surface area contributed by atoms with Gasteiger partial charge in [-0.05, 0) is 55.1 Å². The molecule has 1 atom stereocenters. The third-order valence-corrected chi connectivity index (χ3v) is 3.12. The first-order chi connectivity index (χ1) is 7.72. The van der Waals surface area contributed by atoms with E-state index in [4.69, 9.17) is 5.73 Å². The highest BCUT2D eigenvalue weighted by Gasteiger charge is 2.07. The topological polar surface area (TPSA) is 55.1 Å². The van der Waals surface area contributed by atoms with Crippen LogP contribution in [0.2, 0.25) is 0 Å². The third-order valence-electron chi connectivity index (χ3n) is 2.39. The fourth-order valence-corrected chi connectivity index (χ4v) is 2.27. The van der Waals surface area contributed by atoms with Gasteiger partial charge < -0.3 is 11.1 Å². The van der Waals surface area contributed by atoms with E-state index in [9.17, 15) is 4.79 Å². The molecule has 0 fully saturated rings. The Labute approximate surface area is 101 Å². The summed E-state index contributed by atoms with van der Waals surface area (Å²) in [6.07, 6.45) is 3.30. The van der Waals surface area contributed by atoms with Crippen molar-refractivity contribution in [2.45, 2.75) is 38.6 Å². The second-order valence-corrected chi connectivity index (χ2v) is 4.83. The van der Waals surface area contributed by atoms with Gasteiger partial charge in [0.2, 0.25) is 5.91 Å². The molecule has 16 heavy (non-hydrogen) atoms. The smallest absolute Gasteiger partial charge is 0.220 e. The van der Waals surface area contributed by atoms with Crippen molar-refractivity contribution < 1.29 is 4.79 Å². The van der Waals surface area contributed by atoms with E-state index in [1.165, 1.54) is 5.56 Å². The van der Waals surface area contributed by atoms with E-state index in [1.807, 2.05) is 6.92 Å². The molecule has 1 aromatic rings. The maximum atomic E-state index is 11.5. The number of rotatable bonds is 7. The molecule has 3 N–H and O–H groups in total. The molecule has 1 heterocycles. The van der Waals surface area contributed by atoms with Gasteiger partial charge >= 0.3 is 0 Å². The van der Waals surface area contributed by atoms with Gasteiger partial charge in [-0.3, -0.25) is 4.79 Å². The number of hydrogen-bond donors (Lipinski definition) is 2. The lowest BCUT2D eigenvalue weighted by molar-refractivity contribution is -0.121. The molecule has 1 aromatic heterocycles. The average molecular weight is 240 g/mol. The van der Waals surface area contributed by atoms with E-state index in [2.05, 4.69) is 22.1 Å². The molecule has 3 nitrogen and oxygen atoms in total. The van der Waals surface area contributed by atoms with Crippen LogP contribution in [0.5, 0.6) is 0 Å². The molecule has 4 heteroatoms. The minimum Gasteiger partial charge on any atom is -0.353 e. The summed E-state index contributed by atoms with van der Waals surface area (Å²) in [5.74, 6) is 0.135. The van der Waals surface area contributed by atoms with Gasteiger partial charge in [-0.1, -0.05) is 0 Å². The molecule has 0 spiro atoms. The highest BCUT2D eigenvalue weighted by Crippen LogP contribution is 2.08. The van der Waals surface area contributed by atoms with Gasteiger partial charge in [0.25, 0.3) is 0 Å². The average Bonchev–Trinajstić information content (AvgIpc) is 2.70. The third kappa shape index (κ3) is 5.28. The molecule has 1 amide bonds. The van der Waals surface area contributed by atoms with Crippen LogP contribution in [0.1, 0.15) is 31.7 Å². The Morgan fingerprint density at radius 3 is 3.00 bits per heavy atom. The zero-order valence-corrected chi connectivity index (χ0v) is 10.6. The van der Waals surface area contributed by atoms with Gasteiger partial charge in [-0.25, -0.2) is 0 Å². The van der Waals surface area contributed by atoms with E-state index in [0.29, 0.717) is 13.0 Å². The summed E-state index contributed by atoms with van der Waals surface area (Å²) >= 11 is 1.69. The Morgan fingerprint density at radius 1 is 1.56 bits per heavy atom. The zero-order valence-electron chi connectivity index (χ0n) is 9.74. The maximum absolute atomic E-state index is 11.5. The first-order valence-electron chi connectivity index (χ1n) is 5.73. The Kier molecular flexibility index (Phi) is 6.11. The van der Waals surface area contributed by atoms with Gasteiger partial charge in [0.1, 0.15) is 0 Å². The van der Waals surface area contributed by atoms with Crippen LogP contribution in [0.3, 0.4) is 0 Å². The Morgan fingerprint density at radius 2 is 2.38 bits per heavy atom. The van der Waals surface area contributed by atoms with Crippen molar-refractivity contribution in [3.05, 3.63) is 22.4 Å². The van der Waals surface area contributed by atoms with Gasteiger partial charge in [-0.15, -0.1) is 0 Å². The van der Waals surface area contributed by atoms with Crippen molar-refractivity contribution in [1.82, 2.24) is 5.32 Å². The van der Waals surface area contributed by atoms with Crippen molar-refractivity contribution >= 4 is 17.2 Å². The number of hydrogen-bond acceptors (Lipinski definition) is 3. The predicted octanol–water partition coefficient (Wildman–Crippen LogP) is 1.92. The lowest BCUT2D eigenvalue weighted by atomic mass is 10.1. The summed E-state index contributed by atoms with van der Waals surface area (Å²) in [6.45, 7) is 2.70. The SMILES string of the molecule is CC(Cc1ccsc1)NC(=O)CCCCN. The number of nitrogens with two attached hydrogens (primary N) is 1.